The third-order valence-electron chi connectivity index (χ3n) is 1.91. The van der Waals surface area contributed by atoms with Crippen LogP contribution in [0, 0.1) is 0 Å². The lowest BCUT2D eigenvalue weighted by Crippen LogP contribution is -2.30. The maximum absolute atomic E-state index is 11.8. The molecular formula is C13H22O3Si2. The van der Waals surface area contributed by atoms with E-state index in [1.807, 2.05) is 31.8 Å². The van der Waals surface area contributed by atoms with Crippen LogP contribution in [-0.2, 0) is 4.43 Å². The molecule has 0 aromatic heterocycles. The Balaban J connectivity index is 2.74. The predicted octanol–water partition coefficient (Wildman–Crippen LogP) is 3.89. The van der Waals surface area contributed by atoms with E-state index in [1.165, 1.54) is 0 Å². The highest BCUT2D eigenvalue weighted by atomic mass is 28.4. The molecule has 100 valence electrons. The maximum atomic E-state index is 11.8. The van der Waals surface area contributed by atoms with Crippen LogP contribution in [0.2, 0.25) is 39.3 Å². The van der Waals surface area contributed by atoms with E-state index >= 15 is 0 Å². The average Bonchev–Trinajstić information content (AvgIpc) is 2.13. The highest BCUT2D eigenvalue weighted by Crippen LogP contribution is 2.18. The Hall–Kier alpha value is -1.08. The van der Waals surface area contributed by atoms with Crippen LogP contribution in [-0.4, -0.2) is 22.6 Å². The topological polar surface area (TPSA) is 35.5 Å². The zero-order valence-electron chi connectivity index (χ0n) is 12.0. The van der Waals surface area contributed by atoms with Crippen LogP contribution in [0.15, 0.2) is 24.3 Å². The normalized spacial score (nSPS) is 12.1. The maximum Gasteiger partial charge on any atom is 0.324 e. The van der Waals surface area contributed by atoms with Crippen LogP contribution in [0.25, 0.3) is 0 Å². The van der Waals surface area contributed by atoms with Gasteiger partial charge in [-0.2, -0.15) is 0 Å². The molecule has 0 bridgehead atoms. The lowest BCUT2D eigenvalue weighted by atomic mass is 10.2. The first kappa shape index (κ1) is 15.0. The molecule has 0 heterocycles. The van der Waals surface area contributed by atoms with Crippen molar-refractivity contribution < 1.29 is 13.6 Å². The Morgan fingerprint density at radius 2 is 1.39 bits per heavy atom. The van der Waals surface area contributed by atoms with Crippen LogP contribution < -0.4 is 4.43 Å². The summed E-state index contributed by atoms with van der Waals surface area (Å²) in [5, 5.41) is 0. The van der Waals surface area contributed by atoms with Crippen LogP contribution in [0.4, 0.5) is 0 Å². The number of hydrogen-bond donors (Lipinski definition) is 0. The van der Waals surface area contributed by atoms with Crippen LogP contribution >= 0.6 is 0 Å². The van der Waals surface area contributed by atoms with E-state index in [1.54, 1.807) is 12.1 Å². The van der Waals surface area contributed by atoms with Gasteiger partial charge in [-0.1, -0.05) is 0 Å². The smallest absolute Gasteiger partial charge is 0.324 e. The van der Waals surface area contributed by atoms with Gasteiger partial charge in [0.2, 0.25) is 16.6 Å². The second-order valence-corrected chi connectivity index (χ2v) is 15.1. The number of hydrogen-bond acceptors (Lipinski definition) is 3. The minimum atomic E-state index is -1.83. The van der Waals surface area contributed by atoms with Gasteiger partial charge in [0.25, 0.3) is 0 Å². The fraction of sp³-hybridized carbons (Fsp3) is 0.462. The van der Waals surface area contributed by atoms with E-state index in [0.717, 1.165) is 5.75 Å². The first-order valence-electron chi connectivity index (χ1n) is 6.09. The molecule has 0 fully saturated rings. The van der Waals surface area contributed by atoms with Gasteiger partial charge in [-0.05, 0) is 63.5 Å². The molecule has 0 amide bonds. The molecule has 1 aromatic rings. The molecule has 0 atom stereocenters. The van der Waals surface area contributed by atoms with Crippen molar-refractivity contribution in [2.75, 3.05) is 0 Å². The largest absolute Gasteiger partial charge is 0.544 e. The van der Waals surface area contributed by atoms with Crippen molar-refractivity contribution in [2.24, 2.45) is 0 Å². The van der Waals surface area contributed by atoms with Gasteiger partial charge >= 0.3 is 5.97 Å². The molecule has 3 nitrogen and oxygen atoms in total. The number of benzene rings is 1. The third-order valence-corrected chi connectivity index (χ3v) is 3.56. The Morgan fingerprint density at radius 3 is 1.78 bits per heavy atom. The summed E-state index contributed by atoms with van der Waals surface area (Å²) in [5.74, 6) is 0.576. The van der Waals surface area contributed by atoms with Gasteiger partial charge in [-0.3, -0.25) is 0 Å². The molecule has 0 aliphatic heterocycles. The minimum Gasteiger partial charge on any atom is -0.544 e. The van der Waals surface area contributed by atoms with E-state index < -0.39 is 16.6 Å². The fourth-order valence-electron chi connectivity index (χ4n) is 1.35. The third kappa shape index (κ3) is 5.51. The molecule has 0 aliphatic rings. The highest BCUT2D eigenvalue weighted by Gasteiger charge is 2.21. The number of carbonyl (C=O) groups is 1. The summed E-state index contributed by atoms with van der Waals surface area (Å²) >= 11 is 0. The quantitative estimate of drug-likeness (QED) is 0.786. The lowest BCUT2D eigenvalue weighted by Gasteiger charge is -2.20. The predicted molar refractivity (Wildman–Crippen MR) is 79.2 cm³/mol. The summed E-state index contributed by atoms with van der Waals surface area (Å²) in [4.78, 5) is 11.8. The molecule has 1 aromatic carbocycles. The average molecular weight is 282 g/mol. The number of rotatable bonds is 4. The summed E-state index contributed by atoms with van der Waals surface area (Å²) in [6, 6.07) is 7.19. The van der Waals surface area contributed by atoms with E-state index in [-0.39, 0.29) is 5.97 Å². The van der Waals surface area contributed by atoms with E-state index in [2.05, 4.69) is 19.6 Å². The van der Waals surface area contributed by atoms with E-state index in [0.29, 0.717) is 5.56 Å². The Kier molecular flexibility index (Phi) is 4.39. The molecule has 0 unspecified atom stereocenters. The molecule has 0 aliphatic carbocycles. The standard InChI is InChI=1S/C13H22O3Si2/c1-17(2,3)15-12-9-7-11(8-10-12)13(14)16-18(4,5)6/h7-10H,1-6H3. The Bertz CT molecular complexity index is 413. The first-order chi connectivity index (χ1) is 8.07. The fourth-order valence-corrected chi connectivity index (χ4v) is 2.87. The van der Waals surface area contributed by atoms with Crippen LogP contribution in [0.1, 0.15) is 10.4 Å². The van der Waals surface area contributed by atoms with Crippen LogP contribution in [0.3, 0.4) is 0 Å². The second-order valence-electron chi connectivity index (χ2n) is 6.24. The molecule has 18 heavy (non-hydrogen) atoms. The molecule has 0 saturated heterocycles. The SMILES string of the molecule is C[Si](C)(C)OC(=O)c1ccc(O[Si](C)(C)C)cc1. The molecule has 0 N–H and O–H groups in total. The van der Waals surface area contributed by atoms with E-state index in [9.17, 15) is 4.79 Å². The summed E-state index contributed by atoms with van der Waals surface area (Å²) in [6.07, 6.45) is 0. The summed E-state index contributed by atoms with van der Waals surface area (Å²) in [5.41, 5.74) is 0.584. The van der Waals surface area contributed by atoms with Crippen molar-refractivity contribution in [2.45, 2.75) is 39.3 Å². The van der Waals surface area contributed by atoms with E-state index in [4.69, 9.17) is 8.85 Å². The van der Waals surface area contributed by atoms with Gasteiger partial charge in [0, 0.05) is 0 Å². The van der Waals surface area contributed by atoms with Crippen LogP contribution in [0.5, 0.6) is 5.75 Å². The molecular weight excluding hydrogens is 260 g/mol. The zero-order valence-corrected chi connectivity index (χ0v) is 14.0. The summed E-state index contributed by atoms with van der Waals surface area (Å²) < 4.78 is 11.3. The number of carbonyl (C=O) groups excluding carboxylic acids is 1. The highest BCUT2D eigenvalue weighted by molar-refractivity contribution is 6.71. The molecule has 0 spiro atoms. The molecule has 0 radical (unpaired) electrons. The van der Waals surface area contributed by atoms with Crippen molar-refractivity contribution in [1.82, 2.24) is 0 Å². The van der Waals surface area contributed by atoms with Gasteiger partial charge in [0.05, 0.1) is 5.56 Å². The summed E-state index contributed by atoms with van der Waals surface area (Å²) in [7, 11) is -3.42. The Labute approximate surface area is 111 Å². The second kappa shape index (κ2) is 5.28. The lowest BCUT2D eigenvalue weighted by molar-refractivity contribution is 0.0724. The van der Waals surface area contributed by atoms with Gasteiger partial charge < -0.3 is 8.85 Å². The van der Waals surface area contributed by atoms with Crippen molar-refractivity contribution in [3.8, 4) is 5.75 Å². The first-order valence-corrected chi connectivity index (χ1v) is 12.9. The zero-order chi connectivity index (χ0) is 14.0. The monoisotopic (exact) mass is 282 g/mol. The molecule has 1 rings (SSSR count). The van der Waals surface area contributed by atoms with Crippen molar-refractivity contribution in [3.63, 3.8) is 0 Å². The minimum absolute atomic E-state index is 0.242. The van der Waals surface area contributed by atoms with Crippen molar-refractivity contribution >= 4 is 22.6 Å². The van der Waals surface area contributed by atoms with Crippen molar-refractivity contribution in [3.05, 3.63) is 29.8 Å². The molecule has 0 saturated carbocycles. The van der Waals surface area contributed by atoms with Gasteiger partial charge in [0.15, 0.2) is 0 Å². The van der Waals surface area contributed by atoms with Gasteiger partial charge in [-0.15, -0.1) is 0 Å². The Morgan fingerprint density at radius 1 is 0.889 bits per heavy atom. The molecule has 5 heteroatoms. The van der Waals surface area contributed by atoms with Gasteiger partial charge in [-0.25, -0.2) is 4.79 Å². The van der Waals surface area contributed by atoms with Crippen molar-refractivity contribution in [1.29, 1.82) is 0 Å². The van der Waals surface area contributed by atoms with Gasteiger partial charge in [0.1, 0.15) is 5.75 Å². The summed E-state index contributed by atoms with van der Waals surface area (Å²) in [6.45, 7) is 12.4.